The van der Waals surface area contributed by atoms with Gasteiger partial charge in [-0.15, -0.1) is 0 Å². The molecule has 22 heavy (non-hydrogen) atoms. The first-order valence-corrected chi connectivity index (χ1v) is 8.00. The number of carbonyl (C=O) groups excluding carboxylic acids is 1. The molecule has 0 N–H and O–H groups in total. The van der Waals surface area contributed by atoms with Crippen LogP contribution in [0.15, 0.2) is 46.6 Å². The van der Waals surface area contributed by atoms with Crippen LogP contribution in [-0.2, 0) is 4.79 Å². The van der Waals surface area contributed by atoms with Crippen molar-refractivity contribution < 1.29 is 4.79 Å². The van der Waals surface area contributed by atoms with Crippen molar-refractivity contribution in [1.29, 1.82) is 0 Å². The van der Waals surface area contributed by atoms with Gasteiger partial charge >= 0.3 is 0 Å². The van der Waals surface area contributed by atoms with Crippen LogP contribution < -0.4 is 0 Å². The van der Waals surface area contributed by atoms with E-state index < -0.39 is 0 Å². The third kappa shape index (κ3) is 3.95. The summed E-state index contributed by atoms with van der Waals surface area (Å²) < 4.78 is 0. The normalized spacial score (nSPS) is 19.3. The number of ketones is 1. The molecule has 1 atom stereocenters. The van der Waals surface area contributed by atoms with Crippen molar-refractivity contribution in [3.63, 3.8) is 0 Å². The fourth-order valence-electron chi connectivity index (χ4n) is 2.64. The summed E-state index contributed by atoms with van der Waals surface area (Å²) >= 11 is 6.09. The molecule has 1 unspecified atom stereocenters. The van der Waals surface area contributed by atoms with Crippen LogP contribution >= 0.6 is 11.6 Å². The molecule has 0 aromatic heterocycles. The van der Waals surface area contributed by atoms with E-state index in [0.717, 1.165) is 41.0 Å². The molecule has 1 aromatic carbocycles. The third-order valence-corrected chi connectivity index (χ3v) is 4.28. The zero-order valence-corrected chi connectivity index (χ0v) is 14.4. The van der Waals surface area contributed by atoms with Gasteiger partial charge in [0.05, 0.1) is 5.70 Å². The average Bonchev–Trinajstić information content (AvgIpc) is 2.64. The Kier molecular flexibility index (Phi) is 5.36. The van der Waals surface area contributed by atoms with Crippen LogP contribution in [-0.4, -0.2) is 11.5 Å². The first-order chi connectivity index (χ1) is 10.4. The zero-order chi connectivity index (χ0) is 16.3. The SMILES string of the molecule is CC(=O)C1=C(/N=C(\C)c2cc(Cl)ccc2C)C=CC(C)CC1. The average molecular weight is 316 g/mol. The molecule has 1 aromatic rings. The smallest absolute Gasteiger partial charge is 0.157 e. The number of nitrogens with zero attached hydrogens (tertiary/aromatic N) is 1. The molecule has 1 aliphatic carbocycles. The molecule has 0 saturated heterocycles. The number of allylic oxidation sites excluding steroid dienone is 3. The maximum Gasteiger partial charge on any atom is 0.157 e. The molecule has 0 bridgehead atoms. The van der Waals surface area contributed by atoms with Crippen LogP contribution in [0.1, 0.15) is 44.7 Å². The lowest BCUT2D eigenvalue weighted by Crippen LogP contribution is -2.03. The van der Waals surface area contributed by atoms with Crippen LogP contribution in [0.3, 0.4) is 0 Å². The number of carbonyl (C=O) groups is 1. The Morgan fingerprint density at radius 1 is 1.32 bits per heavy atom. The van der Waals surface area contributed by atoms with Crippen molar-refractivity contribution in [1.82, 2.24) is 0 Å². The molecule has 0 saturated carbocycles. The van der Waals surface area contributed by atoms with Crippen LogP contribution in [0, 0.1) is 12.8 Å². The predicted octanol–water partition coefficient (Wildman–Crippen LogP) is 5.29. The van der Waals surface area contributed by atoms with Crippen molar-refractivity contribution in [2.24, 2.45) is 10.9 Å². The van der Waals surface area contributed by atoms with Gasteiger partial charge in [-0.05, 0) is 63.3 Å². The van der Waals surface area contributed by atoms with Gasteiger partial charge in [-0.25, -0.2) is 0 Å². The van der Waals surface area contributed by atoms with Gasteiger partial charge in [-0.2, -0.15) is 0 Å². The lowest BCUT2D eigenvalue weighted by Gasteiger charge is -2.09. The highest BCUT2D eigenvalue weighted by atomic mass is 35.5. The van der Waals surface area contributed by atoms with Gasteiger partial charge in [0.25, 0.3) is 0 Å². The van der Waals surface area contributed by atoms with Gasteiger partial charge < -0.3 is 0 Å². The van der Waals surface area contributed by atoms with E-state index in [1.807, 2.05) is 38.1 Å². The Hall–Kier alpha value is -1.67. The first-order valence-electron chi connectivity index (χ1n) is 7.62. The molecule has 0 spiro atoms. The van der Waals surface area contributed by atoms with E-state index in [2.05, 4.69) is 13.0 Å². The van der Waals surface area contributed by atoms with Crippen molar-refractivity contribution in [2.75, 3.05) is 0 Å². The standard InChI is InChI=1S/C19H22ClNO/c1-12-5-9-17(15(4)22)19(10-6-12)21-14(3)18-11-16(20)8-7-13(18)2/h6-8,10-12H,5,9H2,1-4H3/b21-14+. The van der Waals surface area contributed by atoms with Gasteiger partial charge in [0, 0.05) is 21.9 Å². The van der Waals surface area contributed by atoms with Crippen molar-refractivity contribution in [2.45, 2.75) is 40.5 Å². The highest BCUT2D eigenvalue weighted by Crippen LogP contribution is 2.25. The van der Waals surface area contributed by atoms with E-state index in [4.69, 9.17) is 16.6 Å². The van der Waals surface area contributed by atoms with Crippen LogP contribution in [0.25, 0.3) is 0 Å². The number of aryl methyl sites for hydroxylation is 1. The van der Waals surface area contributed by atoms with Crippen molar-refractivity contribution in [3.8, 4) is 0 Å². The minimum Gasteiger partial charge on any atom is -0.295 e. The van der Waals surface area contributed by atoms with E-state index in [-0.39, 0.29) is 5.78 Å². The molecule has 3 heteroatoms. The van der Waals surface area contributed by atoms with Crippen LogP contribution in [0.2, 0.25) is 5.02 Å². The molecule has 116 valence electrons. The van der Waals surface area contributed by atoms with Crippen LogP contribution in [0.5, 0.6) is 0 Å². The number of benzene rings is 1. The van der Waals surface area contributed by atoms with Gasteiger partial charge in [0.15, 0.2) is 5.78 Å². The van der Waals surface area contributed by atoms with E-state index in [1.165, 1.54) is 0 Å². The molecule has 0 fully saturated rings. The molecule has 0 amide bonds. The Balaban J connectivity index is 2.49. The van der Waals surface area contributed by atoms with E-state index in [1.54, 1.807) is 6.92 Å². The summed E-state index contributed by atoms with van der Waals surface area (Å²) in [7, 11) is 0. The maximum absolute atomic E-state index is 11.9. The lowest BCUT2D eigenvalue weighted by molar-refractivity contribution is -0.113. The summed E-state index contributed by atoms with van der Waals surface area (Å²) in [5.41, 5.74) is 4.64. The summed E-state index contributed by atoms with van der Waals surface area (Å²) in [5, 5.41) is 0.695. The largest absolute Gasteiger partial charge is 0.295 e. The van der Waals surface area contributed by atoms with Crippen molar-refractivity contribution >= 4 is 23.1 Å². The second-order valence-electron chi connectivity index (χ2n) is 5.95. The van der Waals surface area contributed by atoms with Gasteiger partial charge in [0.2, 0.25) is 0 Å². The van der Waals surface area contributed by atoms with E-state index in [9.17, 15) is 4.79 Å². The minimum atomic E-state index is 0.105. The summed E-state index contributed by atoms with van der Waals surface area (Å²) in [6, 6.07) is 5.79. The van der Waals surface area contributed by atoms with E-state index in [0.29, 0.717) is 10.9 Å². The molecule has 2 nitrogen and oxygen atoms in total. The fourth-order valence-corrected chi connectivity index (χ4v) is 2.81. The second-order valence-corrected chi connectivity index (χ2v) is 6.39. The summed E-state index contributed by atoms with van der Waals surface area (Å²) in [6.45, 7) is 7.78. The molecule has 1 aliphatic rings. The van der Waals surface area contributed by atoms with E-state index >= 15 is 0 Å². The Morgan fingerprint density at radius 2 is 2.05 bits per heavy atom. The molecule has 2 rings (SSSR count). The summed E-state index contributed by atoms with van der Waals surface area (Å²) in [5.74, 6) is 0.573. The topological polar surface area (TPSA) is 29.4 Å². The quantitative estimate of drug-likeness (QED) is 0.697. The number of hydrogen-bond donors (Lipinski definition) is 0. The third-order valence-electron chi connectivity index (χ3n) is 4.04. The summed E-state index contributed by atoms with van der Waals surface area (Å²) in [4.78, 5) is 16.7. The number of rotatable bonds is 3. The number of Topliss-reactive ketones (excluding diaryl/α,β-unsaturated/α-hetero) is 1. The Morgan fingerprint density at radius 3 is 2.73 bits per heavy atom. The maximum atomic E-state index is 11.9. The number of halogens is 1. The molecule has 0 aliphatic heterocycles. The molecule has 0 heterocycles. The second kappa shape index (κ2) is 7.06. The Bertz CT molecular complexity index is 683. The summed E-state index contributed by atoms with van der Waals surface area (Å²) in [6.07, 6.45) is 5.88. The van der Waals surface area contributed by atoms with Gasteiger partial charge in [-0.1, -0.05) is 30.7 Å². The van der Waals surface area contributed by atoms with Crippen LogP contribution in [0.4, 0.5) is 0 Å². The number of hydrogen-bond acceptors (Lipinski definition) is 2. The van der Waals surface area contributed by atoms with Crippen molar-refractivity contribution in [3.05, 3.63) is 57.8 Å². The monoisotopic (exact) mass is 315 g/mol. The fraction of sp³-hybridized carbons (Fsp3) is 0.368. The first kappa shape index (κ1) is 16.7. The lowest BCUT2D eigenvalue weighted by atomic mass is 10.0. The highest BCUT2D eigenvalue weighted by molar-refractivity contribution is 6.31. The van der Waals surface area contributed by atoms with Gasteiger partial charge in [0.1, 0.15) is 0 Å². The minimum absolute atomic E-state index is 0.105. The highest BCUT2D eigenvalue weighted by Gasteiger charge is 2.15. The Labute approximate surface area is 137 Å². The molecule has 0 radical (unpaired) electrons. The number of aliphatic imine (C=N–C) groups is 1. The zero-order valence-electron chi connectivity index (χ0n) is 13.6. The molecular formula is C19H22ClNO. The predicted molar refractivity (Wildman–Crippen MR) is 93.6 cm³/mol. The molecular weight excluding hydrogens is 294 g/mol. The van der Waals surface area contributed by atoms with Gasteiger partial charge in [-0.3, -0.25) is 9.79 Å².